The van der Waals surface area contributed by atoms with Crippen molar-refractivity contribution in [1.82, 2.24) is 10.2 Å². The average molecular weight is 298 g/mol. The Morgan fingerprint density at radius 1 is 1.43 bits per heavy atom. The molecule has 1 atom stereocenters. The molecule has 1 heterocycles. The van der Waals surface area contributed by atoms with Gasteiger partial charge in [0.25, 0.3) is 0 Å². The molecule has 1 aliphatic heterocycles. The van der Waals surface area contributed by atoms with Crippen molar-refractivity contribution in [2.75, 3.05) is 6.54 Å². The number of carbonyl (C=O) groups is 3. The molecule has 4 N–H and O–H groups in total. The van der Waals surface area contributed by atoms with Gasteiger partial charge in [-0.05, 0) is 19.3 Å². The van der Waals surface area contributed by atoms with E-state index in [1.54, 1.807) is 20.8 Å². The van der Waals surface area contributed by atoms with Gasteiger partial charge in [-0.1, -0.05) is 25.9 Å². The third-order valence-electron chi connectivity index (χ3n) is 4.12. The number of amidine groups is 1. The van der Waals surface area contributed by atoms with Crippen LogP contribution in [0.1, 0.15) is 40.0 Å². The van der Waals surface area contributed by atoms with Crippen molar-refractivity contribution in [1.29, 1.82) is 0 Å². The maximum absolute atomic E-state index is 12.9. The number of nitrogens with two attached hydrogens (primary N) is 1. The van der Waals surface area contributed by atoms with E-state index in [1.807, 2.05) is 0 Å². The molecule has 1 aliphatic rings. The lowest BCUT2D eigenvalue weighted by molar-refractivity contribution is -0.154. The Bertz CT molecular complexity index is 471. The van der Waals surface area contributed by atoms with Crippen LogP contribution in [0.4, 0.5) is 0 Å². The van der Waals surface area contributed by atoms with E-state index in [0.717, 1.165) is 0 Å². The number of rotatable bonds is 5. The van der Waals surface area contributed by atoms with E-state index in [4.69, 9.17) is 10.9 Å². The Kier molecular flexibility index (Phi) is 5.28. The van der Waals surface area contributed by atoms with E-state index in [2.05, 4.69) is 10.5 Å². The fourth-order valence-corrected chi connectivity index (χ4v) is 2.68. The molecule has 1 unspecified atom stereocenters. The highest BCUT2D eigenvalue weighted by Crippen LogP contribution is 2.31. The van der Waals surface area contributed by atoms with Gasteiger partial charge < -0.3 is 15.8 Å². The van der Waals surface area contributed by atoms with Gasteiger partial charge in [-0.15, -0.1) is 0 Å². The van der Waals surface area contributed by atoms with Gasteiger partial charge in [0.05, 0.1) is 0 Å². The van der Waals surface area contributed by atoms with Crippen molar-refractivity contribution in [2.24, 2.45) is 16.3 Å². The molecule has 118 valence electrons. The molecule has 0 aromatic rings. The van der Waals surface area contributed by atoms with Crippen LogP contribution in [-0.4, -0.2) is 46.3 Å². The number of nitrogens with one attached hydrogen (secondary N) is 1. The average Bonchev–Trinajstić information content (AvgIpc) is 2.47. The van der Waals surface area contributed by atoms with Crippen molar-refractivity contribution in [3.05, 3.63) is 0 Å². The minimum atomic E-state index is -1.21. The molecule has 0 radical (unpaired) electrons. The van der Waals surface area contributed by atoms with Crippen molar-refractivity contribution in [3.63, 3.8) is 0 Å². The van der Waals surface area contributed by atoms with Crippen LogP contribution in [0, 0.1) is 5.41 Å². The number of carbonyl (C=O) groups excluding carboxylic acids is 3. The van der Waals surface area contributed by atoms with Crippen LogP contribution < -0.4 is 11.1 Å². The van der Waals surface area contributed by atoms with Crippen LogP contribution in [0.25, 0.3) is 0 Å². The number of nitrogens with zero attached hydrogens (tertiary/aromatic N) is 2. The second-order valence-electron chi connectivity index (χ2n) is 5.04. The molecule has 8 heteroatoms. The van der Waals surface area contributed by atoms with Crippen LogP contribution in [0.5, 0.6) is 0 Å². The highest BCUT2D eigenvalue weighted by molar-refractivity contribution is 6.11. The van der Waals surface area contributed by atoms with Gasteiger partial charge in [0.2, 0.25) is 17.7 Å². The Balaban J connectivity index is 3.24. The number of amides is 3. The summed E-state index contributed by atoms with van der Waals surface area (Å²) < 4.78 is 0. The van der Waals surface area contributed by atoms with Crippen LogP contribution in [0.2, 0.25) is 0 Å². The molecule has 21 heavy (non-hydrogen) atoms. The van der Waals surface area contributed by atoms with Gasteiger partial charge in [-0.25, -0.2) is 0 Å². The van der Waals surface area contributed by atoms with Crippen molar-refractivity contribution in [3.8, 4) is 0 Å². The fraction of sp³-hybridized carbons (Fsp3) is 0.692. The second-order valence-corrected chi connectivity index (χ2v) is 5.04. The molecule has 0 aromatic carbocycles. The van der Waals surface area contributed by atoms with E-state index >= 15 is 0 Å². The lowest BCUT2D eigenvalue weighted by Gasteiger charge is -2.40. The maximum atomic E-state index is 12.9. The van der Waals surface area contributed by atoms with Crippen molar-refractivity contribution >= 4 is 23.6 Å². The molecule has 3 amide bonds. The lowest BCUT2D eigenvalue weighted by Crippen LogP contribution is -2.63. The molecule has 0 spiro atoms. The summed E-state index contributed by atoms with van der Waals surface area (Å²) in [6.07, 6.45) is 0.993. The fourth-order valence-electron chi connectivity index (χ4n) is 2.68. The topological polar surface area (TPSA) is 125 Å². The Morgan fingerprint density at radius 3 is 2.43 bits per heavy atom. The standard InChI is InChI=1S/C13H22N4O4/c1-4-8-10(19)15-9(18)7-17(8)12(20)13(5-2,6-3)11(14)16-21/h8,21H,4-7H2,1-3H3,(H2,14,16)(H,15,18,19). The summed E-state index contributed by atoms with van der Waals surface area (Å²) in [4.78, 5) is 37.5. The Hall–Kier alpha value is -2.12. The zero-order chi connectivity index (χ0) is 16.2. The van der Waals surface area contributed by atoms with E-state index in [-0.39, 0.29) is 12.4 Å². The summed E-state index contributed by atoms with van der Waals surface area (Å²) in [7, 11) is 0. The number of hydrogen-bond donors (Lipinski definition) is 3. The largest absolute Gasteiger partial charge is 0.409 e. The first-order chi connectivity index (χ1) is 9.87. The number of hydrogen-bond acceptors (Lipinski definition) is 5. The molecule has 0 saturated carbocycles. The van der Waals surface area contributed by atoms with Gasteiger partial charge >= 0.3 is 0 Å². The van der Waals surface area contributed by atoms with E-state index < -0.39 is 29.2 Å². The molecule has 1 rings (SSSR count). The molecule has 8 nitrogen and oxygen atoms in total. The quantitative estimate of drug-likeness (QED) is 0.213. The summed E-state index contributed by atoms with van der Waals surface area (Å²) in [5.74, 6) is -1.69. The van der Waals surface area contributed by atoms with Gasteiger partial charge in [0.15, 0.2) is 5.84 Å². The molecule has 1 fully saturated rings. The van der Waals surface area contributed by atoms with Crippen LogP contribution >= 0.6 is 0 Å². The summed E-state index contributed by atoms with van der Waals surface area (Å²) in [5, 5.41) is 14.1. The third kappa shape index (κ3) is 2.84. The number of imide groups is 1. The molecule has 0 aliphatic carbocycles. The highest BCUT2D eigenvalue weighted by Gasteiger charge is 2.47. The first kappa shape index (κ1) is 16.9. The smallest absolute Gasteiger partial charge is 0.249 e. The van der Waals surface area contributed by atoms with E-state index in [9.17, 15) is 14.4 Å². The summed E-state index contributed by atoms with van der Waals surface area (Å²) in [6.45, 7) is 5.03. The minimum Gasteiger partial charge on any atom is -0.409 e. The molecular formula is C13H22N4O4. The monoisotopic (exact) mass is 298 g/mol. The van der Waals surface area contributed by atoms with Crippen molar-refractivity contribution < 1.29 is 19.6 Å². The number of piperazine rings is 1. The molecule has 1 saturated heterocycles. The zero-order valence-corrected chi connectivity index (χ0v) is 12.5. The second kappa shape index (κ2) is 6.55. The zero-order valence-electron chi connectivity index (χ0n) is 12.5. The molecular weight excluding hydrogens is 276 g/mol. The predicted molar refractivity (Wildman–Crippen MR) is 75.4 cm³/mol. The van der Waals surface area contributed by atoms with Crippen molar-refractivity contribution in [2.45, 2.75) is 46.1 Å². The van der Waals surface area contributed by atoms with E-state index in [0.29, 0.717) is 19.3 Å². The summed E-state index contributed by atoms with van der Waals surface area (Å²) in [6, 6.07) is -0.723. The summed E-state index contributed by atoms with van der Waals surface area (Å²) in [5.41, 5.74) is 4.50. The maximum Gasteiger partial charge on any atom is 0.249 e. The Morgan fingerprint density at radius 2 is 2.00 bits per heavy atom. The normalized spacial score (nSPS) is 20.4. The van der Waals surface area contributed by atoms with Gasteiger partial charge in [0.1, 0.15) is 18.0 Å². The number of oxime groups is 1. The molecule has 0 aromatic heterocycles. The first-order valence-electron chi connectivity index (χ1n) is 7.00. The Labute approximate surface area is 123 Å². The first-order valence-corrected chi connectivity index (χ1v) is 7.00. The molecule has 0 bridgehead atoms. The summed E-state index contributed by atoms with van der Waals surface area (Å²) >= 11 is 0. The van der Waals surface area contributed by atoms with E-state index in [1.165, 1.54) is 4.90 Å². The predicted octanol–water partition coefficient (Wildman–Crippen LogP) is -0.197. The minimum absolute atomic E-state index is 0.203. The van der Waals surface area contributed by atoms with Gasteiger partial charge in [0, 0.05) is 0 Å². The highest BCUT2D eigenvalue weighted by atomic mass is 16.4. The third-order valence-corrected chi connectivity index (χ3v) is 4.12. The van der Waals surface area contributed by atoms with Gasteiger partial charge in [-0.3, -0.25) is 19.7 Å². The van der Waals surface area contributed by atoms with Crippen LogP contribution in [0.3, 0.4) is 0 Å². The lowest BCUT2D eigenvalue weighted by atomic mass is 9.79. The van der Waals surface area contributed by atoms with Crippen LogP contribution in [-0.2, 0) is 14.4 Å². The SMILES string of the molecule is CCC1C(=O)NC(=O)CN1C(=O)C(CC)(CC)C(N)=NO. The van der Waals surface area contributed by atoms with Crippen LogP contribution in [0.15, 0.2) is 5.16 Å². The van der Waals surface area contributed by atoms with Gasteiger partial charge in [-0.2, -0.15) is 0 Å².